The number of likely N-dealkylation sites (N-methyl/N-ethyl adjacent to an activating group) is 1. The molecule has 1 unspecified atom stereocenters. The predicted molar refractivity (Wildman–Crippen MR) is 91.3 cm³/mol. The lowest BCUT2D eigenvalue weighted by Gasteiger charge is -2.39. The zero-order valence-electron chi connectivity index (χ0n) is 13.5. The number of thiocarbonyl (C=S) groups is 1. The minimum absolute atomic E-state index is 0.305. The van der Waals surface area contributed by atoms with E-state index in [-0.39, 0.29) is 0 Å². The molecule has 0 aromatic heterocycles. The highest BCUT2D eigenvalue weighted by Gasteiger charge is 2.24. The summed E-state index contributed by atoms with van der Waals surface area (Å²) in [4.78, 5) is 8.20. The van der Waals surface area contributed by atoms with E-state index in [1.165, 1.54) is 13.1 Å². The highest BCUT2D eigenvalue weighted by molar-refractivity contribution is 7.80. The van der Waals surface area contributed by atoms with Crippen LogP contribution in [0.2, 0.25) is 0 Å². The normalized spacial score (nSPS) is 19.4. The van der Waals surface area contributed by atoms with Gasteiger partial charge in [0.05, 0.1) is 11.0 Å². The summed E-state index contributed by atoms with van der Waals surface area (Å²) in [5.74, 6) is 0. The third-order valence-electron chi connectivity index (χ3n) is 4.37. The molecule has 0 bridgehead atoms. The monoisotopic (exact) mass is 300 g/mol. The summed E-state index contributed by atoms with van der Waals surface area (Å²) in [6.45, 7) is 15.8. The SMILES string of the molecule is CCCC(C(N)=S)N1CCN(CCN(CC)CC)CC1. The van der Waals surface area contributed by atoms with E-state index in [1.54, 1.807) is 0 Å². The van der Waals surface area contributed by atoms with E-state index >= 15 is 0 Å². The molecule has 0 saturated carbocycles. The average molecular weight is 301 g/mol. The van der Waals surface area contributed by atoms with Crippen LogP contribution >= 0.6 is 12.2 Å². The Morgan fingerprint density at radius 2 is 1.75 bits per heavy atom. The van der Waals surface area contributed by atoms with E-state index < -0.39 is 0 Å². The number of rotatable bonds is 9. The molecule has 5 heteroatoms. The molecule has 118 valence electrons. The fourth-order valence-corrected chi connectivity index (χ4v) is 3.17. The first-order valence-corrected chi connectivity index (χ1v) is 8.51. The van der Waals surface area contributed by atoms with Gasteiger partial charge in [0.25, 0.3) is 0 Å². The Labute approximate surface area is 130 Å². The van der Waals surface area contributed by atoms with Gasteiger partial charge in [-0.05, 0) is 19.5 Å². The summed E-state index contributed by atoms with van der Waals surface area (Å²) < 4.78 is 0. The molecule has 2 N–H and O–H groups in total. The van der Waals surface area contributed by atoms with Gasteiger partial charge in [0.15, 0.2) is 0 Å². The maximum absolute atomic E-state index is 5.89. The van der Waals surface area contributed by atoms with Gasteiger partial charge >= 0.3 is 0 Å². The molecular formula is C15H32N4S. The van der Waals surface area contributed by atoms with Crippen molar-refractivity contribution in [3.05, 3.63) is 0 Å². The van der Waals surface area contributed by atoms with Crippen molar-refractivity contribution in [1.82, 2.24) is 14.7 Å². The maximum Gasteiger partial charge on any atom is 0.0902 e. The molecule has 1 aliphatic rings. The van der Waals surface area contributed by atoms with E-state index in [4.69, 9.17) is 18.0 Å². The molecule has 0 amide bonds. The maximum atomic E-state index is 5.89. The molecule has 1 atom stereocenters. The molecule has 0 aromatic carbocycles. The minimum atomic E-state index is 0.305. The van der Waals surface area contributed by atoms with E-state index in [1.807, 2.05) is 0 Å². The first-order chi connectivity index (χ1) is 9.62. The first kappa shape index (κ1) is 17.8. The summed E-state index contributed by atoms with van der Waals surface area (Å²) in [5.41, 5.74) is 5.89. The van der Waals surface area contributed by atoms with Crippen molar-refractivity contribution in [3.63, 3.8) is 0 Å². The first-order valence-electron chi connectivity index (χ1n) is 8.10. The average Bonchev–Trinajstić information content (AvgIpc) is 2.46. The summed E-state index contributed by atoms with van der Waals surface area (Å²) in [7, 11) is 0. The highest BCUT2D eigenvalue weighted by atomic mass is 32.1. The van der Waals surface area contributed by atoms with Gasteiger partial charge < -0.3 is 10.6 Å². The van der Waals surface area contributed by atoms with Crippen LogP contribution in [0, 0.1) is 0 Å². The third kappa shape index (κ3) is 5.64. The molecule has 1 aliphatic heterocycles. The molecule has 1 rings (SSSR count). The van der Waals surface area contributed by atoms with Crippen LogP contribution in [-0.4, -0.2) is 78.1 Å². The number of hydrogen-bond donors (Lipinski definition) is 1. The molecule has 0 aromatic rings. The lowest BCUT2D eigenvalue weighted by atomic mass is 10.1. The molecule has 0 aliphatic carbocycles. The van der Waals surface area contributed by atoms with Gasteiger partial charge in [0, 0.05) is 39.3 Å². The molecule has 20 heavy (non-hydrogen) atoms. The van der Waals surface area contributed by atoms with E-state index in [2.05, 4.69) is 35.5 Å². The fraction of sp³-hybridized carbons (Fsp3) is 0.933. The predicted octanol–water partition coefficient (Wildman–Crippen LogP) is 1.40. The van der Waals surface area contributed by atoms with Crippen molar-refractivity contribution in [2.75, 3.05) is 52.4 Å². The largest absolute Gasteiger partial charge is 0.392 e. The van der Waals surface area contributed by atoms with Crippen molar-refractivity contribution in [2.45, 2.75) is 39.7 Å². The minimum Gasteiger partial charge on any atom is -0.392 e. The van der Waals surface area contributed by atoms with Crippen LogP contribution in [0.25, 0.3) is 0 Å². The number of nitrogens with two attached hydrogens (primary N) is 1. The molecule has 1 saturated heterocycles. The fourth-order valence-electron chi connectivity index (χ4n) is 2.90. The van der Waals surface area contributed by atoms with Crippen molar-refractivity contribution in [1.29, 1.82) is 0 Å². The molecule has 1 fully saturated rings. The van der Waals surface area contributed by atoms with Gasteiger partial charge in [-0.1, -0.05) is 39.4 Å². The quantitative estimate of drug-likeness (QED) is 0.651. The van der Waals surface area contributed by atoms with Crippen LogP contribution < -0.4 is 5.73 Å². The van der Waals surface area contributed by atoms with Crippen LogP contribution in [0.3, 0.4) is 0 Å². The van der Waals surface area contributed by atoms with Crippen LogP contribution in [0.5, 0.6) is 0 Å². The Bertz CT molecular complexity index is 273. The van der Waals surface area contributed by atoms with Gasteiger partial charge in [0.1, 0.15) is 0 Å². The van der Waals surface area contributed by atoms with Gasteiger partial charge in [0.2, 0.25) is 0 Å². The highest BCUT2D eigenvalue weighted by Crippen LogP contribution is 2.11. The van der Waals surface area contributed by atoms with Gasteiger partial charge in [-0.25, -0.2) is 0 Å². The summed E-state index contributed by atoms with van der Waals surface area (Å²) >= 11 is 5.23. The number of nitrogens with zero attached hydrogens (tertiary/aromatic N) is 3. The molecule has 4 nitrogen and oxygen atoms in total. The third-order valence-corrected chi connectivity index (χ3v) is 4.64. The molecule has 0 radical (unpaired) electrons. The lowest BCUT2D eigenvalue weighted by molar-refractivity contribution is 0.105. The topological polar surface area (TPSA) is 35.7 Å². The van der Waals surface area contributed by atoms with E-state index in [9.17, 15) is 0 Å². The van der Waals surface area contributed by atoms with Gasteiger partial charge in [-0.2, -0.15) is 0 Å². The lowest BCUT2D eigenvalue weighted by Crippen LogP contribution is -2.54. The Morgan fingerprint density at radius 1 is 1.15 bits per heavy atom. The Kier molecular flexibility index (Phi) is 8.61. The van der Waals surface area contributed by atoms with Crippen molar-refractivity contribution in [3.8, 4) is 0 Å². The van der Waals surface area contributed by atoms with Crippen molar-refractivity contribution >= 4 is 17.2 Å². The summed E-state index contributed by atoms with van der Waals surface area (Å²) in [6.07, 6.45) is 2.24. The zero-order valence-corrected chi connectivity index (χ0v) is 14.3. The molecule has 1 heterocycles. The molecular weight excluding hydrogens is 268 g/mol. The number of hydrogen-bond acceptors (Lipinski definition) is 4. The Morgan fingerprint density at radius 3 is 2.20 bits per heavy atom. The zero-order chi connectivity index (χ0) is 15.0. The smallest absolute Gasteiger partial charge is 0.0902 e. The van der Waals surface area contributed by atoms with Crippen LogP contribution in [0.4, 0.5) is 0 Å². The van der Waals surface area contributed by atoms with Gasteiger partial charge in [-0.3, -0.25) is 9.80 Å². The van der Waals surface area contributed by atoms with E-state index in [0.717, 1.165) is 52.1 Å². The van der Waals surface area contributed by atoms with Crippen LogP contribution in [-0.2, 0) is 0 Å². The second-order valence-electron chi connectivity index (χ2n) is 5.61. The van der Waals surface area contributed by atoms with Crippen molar-refractivity contribution < 1.29 is 0 Å². The Balaban J connectivity index is 2.33. The number of piperazine rings is 1. The van der Waals surface area contributed by atoms with Gasteiger partial charge in [-0.15, -0.1) is 0 Å². The standard InChI is InChI=1S/C15H32N4S/c1-4-7-14(15(16)20)19-12-10-18(11-13-19)9-8-17(5-2)6-3/h14H,4-13H2,1-3H3,(H2,16,20). The van der Waals surface area contributed by atoms with E-state index in [0.29, 0.717) is 11.0 Å². The second-order valence-corrected chi connectivity index (χ2v) is 6.08. The van der Waals surface area contributed by atoms with Crippen LogP contribution in [0.1, 0.15) is 33.6 Å². The Hall–Kier alpha value is -0.230. The van der Waals surface area contributed by atoms with Crippen LogP contribution in [0.15, 0.2) is 0 Å². The molecule has 0 spiro atoms. The summed E-state index contributed by atoms with van der Waals surface area (Å²) in [6, 6.07) is 0.305. The summed E-state index contributed by atoms with van der Waals surface area (Å²) in [5, 5.41) is 0. The second kappa shape index (κ2) is 9.66. The van der Waals surface area contributed by atoms with Crippen molar-refractivity contribution in [2.24, 2.45) is 5.73 Å².